The van der Waals surface area contributed by atoms with Crippen LogP contribution in [0.5, 0.6) is 0 Å². The smallest absolute Gasteiger partial charge is 0.253 e. The number of rotatable bonds is 5. The second-order valence-electron chi connectivity index (χ2n) is 7.42. The van der Waals surface area contributed by atoms with Gasteiger partial charge in [-0.15, -0.1) is 0 Å². The van der Waals surface area contributed by atoms with E-state index in [4.69, 9.17) is 0 Å². The van der Waals surface area contributed by atoms with Crippen LogP contribution in [-0.4, -0.2) is 54.8 Å². The molecule has 1 saturated carbocycles. The Balaban J connectivity index is 1.56. The van der Waals surface area contributed by atoms with Crippen molar-refractivity contribution in [3.8, 4) is 0 Å². The van der Waals surface area contributed by atoms with Gasteiger partial charge in [-0.2, -0.15) is 0 Å². The number of carbonyl (C=O) groups is 2. The van der Waals surface area contributed by atoms with Crippen LogP contribution in [0.25, 0.3) is 0 Å². The van der Waals surface area contributed by atoms with E-state index in [1.807, 2.05) is 30.1 Å². The van der Waals surface area contributed by atoms with E-state index in [-0.39, 0.29) is 11.8 Å². The molecule has 1 N–H and O–H groups in total. The molecule has 2 amide bonds. The molecule has 1 fully saturated rings. The number of fused-ring (bicyclic) bond motifs is 1. The summed E-state index contributed by atoms with van der Waals surface area (Å²) >= 11 is 0. The van der Waals surface area contributed by atoms with Gasteiger partial charge in [0.1, 0.15) is 0 Å². The predicted molar refractivity (Wildman–Crippen MR) is 99.9 cm³/mol. The molecule has 0 bridgehead atoms. The van der Waals surface area contributed by atoms with E-state index < -0.39 is 0 Å². The fourth-order valence-corrected chi connectivity index (χ4v) is 3.85. The van der Waals surface area contributed by atoms with Gasteiger partial charge in [-0.05, 0) is 50.1 Å². The van der Waals surface area contributed by atoms with Gasteiger partial charge in [0.25, 0.3) is 5.91 Å². The maximum atomic E-state index is 12.7. The number of amides is 2. The van der Waals surface area contributed by atoms with E-state index >= 15 is 0 Å². The van der Waals surface area contributed by atoms with Crippen LogP contribution in [0.3, 0.4) is 0 Å². The van der Waals surface area contributed by atoms with Crippen LogP contribution in [0.1, 0.15) is 54.4 Å². The first-order chi connectivity index (χ1) is 12.0. The molecule has 0 atom stereocenters. The Morgan fingerprint density at radius 3 is 2.64 bits per heavy atom. The van der Waals surface area contributed by atoms with Crippen molar-refractivity contribution < 1.29 is 9.59 Å². The summed E-state index contributed by atoms with van der Waals surface area (Å²) in [6, 6.07) is 6.26. The van der Waals surface area contributed by atoms with Gasteiger partial charge in [0.05, 0.1) is 0 Å². The Kier molecular flexibility index (Phi) is 5.74. The number of hydrogen-bond donors (Lipinski definition) is 1. The van der Waals surface area contributed by atoms with E-state index in [0.717, 1.165) is 24.3 Å². The fourth-order valence-electron chi connectivity index (χ4n) is 3.85. The molecule has 5 nitrogen and oxygen atoms in total. The van der Waals surface area contributed by atoms with Crippen molar-refractivity contribution in [2.75, 3.05) is 32.5 Å². The zero-order valence-electron chi connectivity index (χ0n) is 15.4. The Morgan fingerprint density at radius 1 is 1.12 bits per heavy atom. The van der Waals surface area contributed by atoms with Gasteiger partial charge in [-0.3, -0.25) is 9.59 Å². The summed E-state index contributed by atoms with van der Waals surface area (Å²) in [5.74, 6) is 0.103. The minimum absolute atomic E-state index is 0.0504. The monoisotopic (exact) mass is 343 g/mol. The van der Waals surface area contributed by atoms with Crippen LogP contribution >= 0.6 is 0 Å². The maximum Gasteiger partial charge on any atom is 0.253 e. The van der Waals surface area contributed by atoms with Gasteiger partial charge in [-0.25, -0.2) is 0 Å². The number of nitrogens with zero attached hydrogens (tertiary/aromatic N) is 2. The number of likely N-dealkylation sites (N-methyl/N-ethyl adjacent to an activating group) is 2. The van der Waals surface area contributed by atoms with Crippen LogP contribution in [0, 0.1) is 0 Å². The predicted octanol–water partition coefficient (Wildman–Crippen LogP) is 2.91. The average Bonchev–Trinajstić information content (AvgIpc) is 2.65. The Labute approximate surface area is 150 Å². The molecular weight excluding hydrogens is 314 g/mol. The second kappa shape index (κ2) is 8.00. The molecule has 0 unspecified atom stereocenters. The molecule has 25 heavy (non-hydrogen) atoms. The molecule has 3 rings (SSSR count). The zero-order valence-corrected chi connectivity index (χ0v) is 15.4. The van der Waals surface area contributed by atoms with Gasteiger partial charge in [0, 0.05) is 43.9 Å². The molecular formula is C20H29N3O2. The molecule has 0 aromatic heterocycles. The van der Waals surface area contributed by atoms with Crippen molar-refractivity contribution in [3.05, 3.63) is 29.3 Å². The molecule has 0 spiro atoms. The molecule has 1 aromatic rings. The maximum absolute atomic E-state index is 12.7. The van der Waals surface area contributed by atoms with Gasteiger partial charge in [0.2, 0.25) is 5.91 Å². The highest BCUT2D eigenvalue weighted by molar-refractivity contribution is 5.97. The highest BCUT2D eigenvalue weighted by atomic mass is 16.2. The van der Waals surface area contributed by atoms with Crippen LogP contribution < -0.4 is 5.32 Å². The van der Waals surface area contributed by atoms with Crippen molar-refractivity contribution in [3.63, 3.8) is 0 Å². The summed E-state index contributed by atoms with van der Waals surface area (Å²) in [5, 5.41) is 2.86. The first-order valence-corrected chi connectivity index (χ1v) is 9.43. The number of benzene rings is 1. The number of aryl methyl sites for hydroxylation is 1. The van der Waals surface area contributed by atoms with E-state index in [9.17, 15) is 9.59 Å². The molecule has 5 heteroatoms. The standard InChI is InChI=1S/C20H29N3O2/c1-22(17-6-4-3-5-7-17)12-13-23(2)20(25)16-8-10-18-15(14-16)9-11-19(24)21-18/h8,10,14,17H,3-7,9,11-13H2,1-2H3,(H,21,24). The third kappa shape index (κ3) is 4.40. The van der Waals surface area contributed by atoms with Crippen LogP contribution in [0.2, 0.25) is 0 Å². The Morgan fingerprint density at radius 2 is 1.88 bits per heavy atom. The quantitative estimate of drug-likeness (QED) is 0.894. The summed E-state index contributed by atoms with van der Waals surface area (Å²) in [4.78, 5) is 28.4. The SMILES string of the molecule is CN(CCN(C)C1CCCCC1)C(=O)c1ccc2c(c1)CCC(=O)N2. The zero-order chi connectivity index (χ0) is 17.8. The topological polar surface area (TPSA) is 52.7 Å². The largest absolute Gasteiger partial charge is 0.340 e. The lowest BCUT2D eigenvalue weighted by Gasteiger charge is -2.32. The highest BCUT2D eigenvalue weighted by Crippen LogP contribution is 2.24. The summed E-state index contributed by atoms with van der Waals surface area (Å²) in [6.07, 6.45) is 7.78. The summed E-state index contributed by atoms with van der Waals surface area (Å²) in [7, 11) is 4.05. The Hall–Kier alpha value is -1.88. The van der Waals surface area contributed by atoms with Crippen molar-refractivity contribution in [2.24, 2.45) is 0 Å². The van der Waals surface area contributed by atoms with Crippen molar-refractivity contribution in [1.29, 1.82) is 0 Å². The lowest BCUT2D eigenvalue weighted by atomic mass is 9.94. The second-order valence-corrected chi connectivity index (χ2v) is 7.42. The number of hydrogen-bond acceptors (Lipinski definition) is 3. The molecule has 1 aliphatic carbocycles. The van der Waals surface area contributed by atoms with Crippen molar-refractivity contribution in [1.82, 2.24) is 9.80 Å². The van der Waals surface area contributed by atoms with Gasteiger partial charge in [0.15, 0.2) is 0 Å². The third-order valence-corrected chi connectivity index (χ3v) is 5.58. The molecule has 2 aliphatic rings. The van der Waals surface area contributed by atoms with Crippen LogP contribution in [-0.2, 0) is 11.2 Å². The summed E-state index contributed by atoms with van der Waals surface area (Å²) < 4.78 is 0. The summed E-state index contributed by atoms with van der Waals surface area (Å²) in [6.45, 7) is 1.65. The lowest BCUT2D eigenvalue weighted by molar-refractivity contribution is -0.116. The first kappa shape index (κ1) is 17.9. The molecule has 0 radical (unpaired) electrons. The fraction of sp³-hybridized carbons (Fsp3) is 0.600. The van der Waals surface area contributed by atoms with Gasteiger partial charge >= 0.3 is 0 Å². The molecule has 1 heterocycles. The third-order valence-electron chi connectivity index (χ3n) is 5.58. The minimum atomic E-state index is 0.0504. The van der Waals surface area contributed by atoms with Gasteiger partial charge in [-0.1, -0.05) is 19.3 Å². The normalized spacial score (nSPS) is 18.0. The van der Waals surface area contributed by atoms with Crippen molar-refractivity contribution >= 4 is 17.5 Å². The first-order valence-electron chi connectivity index (χ1n) is 9.43. The van der Waals surface area contributed by atoms with Crippen LogP contribution in [0.4, 0.5) is 5.69 Å². The number of carbonyl (C=O) groups excluding carboxylic acids is 2. The molecule has 1 aliphatic heterocycles. The molecule has 1 aromatic carbocycles. The highest BCUT2D eigenvalue weighted by Gasteiger charge is 2.20. The summed E-state index contributed by atoms with van der Waals surface area (Å²) in [5.41, 5.74) is 2.60. The van der Waals surface area contributed by atoms with E-state index in [0.29, 0.717) is 24.4 Å². The molecule has 136 valence electrons. The number of nitrogens with one attached hydrogen (secondary N) is 1. The van der Waals surface area contributed by atoms with E-state index in [1.54, 1.807) is 0 Å². The lowest BCUT2D eigenvalue weighted by Crippen LogP contribution is -2.40. The van der Waals surface area contributed by atoms with Crippen molar-refractivity contribution in [2.45, 2.75) is 51.0 Å². The minimum Gasteiger partial charge on any atom is -0.340 e. The molecule has 0 saturated heterocycles. The Bertz CT molecular complexity index is 638. The van der Waals surface area contributed by atoms with Gasteiger partial charge < -0.3 is 15.1 Å². The van der Waals surface area contributed by atoms with E-state index in [2.05, 4.69) is 17.3 Å². The average molecular weight is 343 g/mol. The van der Waals surface area contributed by atoms with Crippen LogP contribution in [0.15, 0.2) is 18.2 Å². The van der Waals surface area contributed by atoms with E-state index in [1.165, 1.54) is 32.1 Å². The number of anilines is 1.